The molecule has 0 aliphatic heterocycles. The lowest BCUT2D eigenvalue weighted by molar-refractivity contribution is -0.144. The second-order valence-corrected chi connectivity index (χ2v) is 5.61. The number of hydrogen-bond donors (Lipinski definition) is 2. The Balaban J connectivity index is 2.57. The van der Waals surface area contributed by atoms with Gasteiger partial charge in [0, 0.05) is 18.0 Å². The maximum absolute atomic E-state index is 11.7. The number of thiocarbonyl (C=S) groups is 1. The number of carbonyl (C=O) groups is 2. The van der Waals surface area contributed by atoms with Crippen LogP contribution in [-0.4, -0.2) is 48.0 Å². The van der Waals surface area contributed by atoms with Gasteiger partial charge in [0.2, 0.25) is 0 Å². The van der Waals surface area contributed by atoms with Crippen molar-refractivity contribution in [3.8, 4) is 0 Å². The molecule has 126 valence electrons. The number of nitrogens with zero attached hydrogens (tertiary/aromatic N) is 2. The van der Waals surface area contributed by atoms with Crippen molar-refractivity contribution in [2.24, 2.45) is 5.10 Å². The lowest BCUT2D eigenvalue weighted by Crippen LogP contribution is -2.45. The van der Waals surface area contributed by atoms with Crippen molar-refractivity contribution in [2.75, 3.05) is 14.2 Å². The van der Waals surface area contributed by atoms with Gasteiger partial charge in [-0.1, -0.05) is 0 Å². The van der Waals surface area contributed by atoms with Gasteiger partial charge in [-0.25, -0.2) is 9.78 Å². The third kappa shape index (κ3) is 6.70. The summed E-state index contributed by atoms with van der Waals surface area (Å²) in [4.78, 5) is 27.0. The number of hydrogen-bond acceptors (Lipinski definition) is 8. The van der Waals surface area contributed by atoms with Gasteiger partial charge >= 0.3 is 11.9 Å². The topological polar surface area (TPSA) is 102 Å². The lowest BCUT2D eigenvalue weighted by Gasteiger charge is -2.17. The lowest BCUT2D eigenvalue weighted by atomic mass is 10.1. The van der Waals surface area contributed by atoms with E-state index in [1.807, 2.05) is 5.38 Å². The summed E-state index contributed by atoms with van der Waals surface area (Å²) in [5, 5.41) is 9.58. The Morgan fingerprint density at radius 1 is 1.43 bits per heavy atom. The Morgan fingerprint density at radius 3 is 2.74 bits per heavy atom. The first-order valence-electron chi connectivity index (χ1n) is 6.63. The fourth-order valence-corrected chi connectivity index (χ4v) is 2.31. The monoisotopic (exact) mass is 358 g/mol. The van der Waals surface area contributed by atoms with Crippen molar-refractivity contribution >= 4 is 46.3 Å². The Hall–Kier alpha value is -2.07. The Labute approximate surface area is 143 Å². The number of carbonyl (C=O) groups excluding carboxylic acids is 2. The average molecular weight is 358 g/mol. The van der Waals surface area contributed by atoms with Crippen LogP contribution in [0.3, 0.4) is 0 Å². The Bertz CT molecular complexity index is 575. The van der Waals surface area contributed by atoms with Crippen LogP contribution in [0.2, 0.25) is 0 Å². The molecule has 0 aliphatic carbocycles. The van der Waals surface area contributed by atoms with Crippen molar-refractivity contribution in [2.45, 2.75) is 25.8 Å². The highest BCUT2D eigenvalue weighted by Gasteiger charge is 2.21. The molecule has 0 amide bonds. The molecule has 0 saturated carbocycles. The van der Waals surface area contributed by atoms with Gasteiger partial charge in [-0.3, -0.25) is 10.2 Å². The first-order chi connectivity index (χ1) is 11.0. The molecule has 0 aromatic carbocycles. The molecule has 1 rings (SSSR count). The molecule has 0 bridgehead atoms. The van der Waals surface area contributed by atoms with Crippen LogP contribution in [0.15, 0.2) is 16.7 Å². The number of methoxy groups -OCH3 is 2. The summed E-state index contributed by atoms with van der Waals surface area (Å²) >= 11 is 6.53. The van der Waals surface area contributed by atoms with Crippen LogP contribution in [0.25, 0.3) is 0 Å². The van der Waals surface area contributed by atoms with E-state index in [9.17, 15) is 9.59 Å². The predicted octanol–water partition coefficient (Wildman–Crippen LogP) is 0.826. The average Bonchev–Trinajstić information content (AvgIpc) is 3.09. The third-order valence-electron chi connectivity index (χ3n) is 2.72. The van der Waals surface area contributed by atoms with Crippen LogP contribution in [-0.2, 0) is 19.1 Å². The van der Waals surface area contributed by atoms with Gasteiger partial charge < -0.3 is 14.8 Å². The largest absolute Gasteiger partial charge is 0.469 e. The molecular weight excluding hydrogens is 340 g/mol. The number of esters is 2. The van der Waals surface area contributed by atoms with Crippen molar-refractivity contribution in [3.05, 3.63) is 16.6 Å². The summed E-state index contributed by atoms with van der Waals surface area (Å²) in [5.74, 6) is -0.948. The Morgan fingerprint density at radius 2 is 2.17 bits per heavy atom. The Kier molecular flexibility index (Phi) is 8.13. The van der Waals surface area contributed by atoms with E-state index in [-0.39, 0.29) is 18.0 Å². The normalized spacial score (nSPS) is 12.2. The first-order valence-corrected chi connectivity index (χ1v) is 7.92. The highest BCUT2D eigenvalue weighted by molar-refractivity contribution is 7.80. The van der Waals surface area contributed by atoms with E-state index >= 15 is 0 Å². The highest BCUT2D eigenvalue weighted by atomic mass is 32.1. The first kappa shape index (κ1) is 19.0. The zero-order valence-electron chi connectivity index (χ0n) is 13.0. The van der Waals surface area contributed by atoms with Gasteiger partial charge in [0.1, 0.15) is 11.0 Å². The SMILES string of the molecule is COC(=O)CCC(NC(=S)N/N=C(\C)c1nccs1)C(=O)OC. The van der Waals surface area contributed by atoms with E-state index in [1.54, 1.807) is 13.1 Å². The molecule has 2 N–H and O–H groups in total. The number of hydrazone groups is 1. The number of rotatable bonds is 7. The van der Waals surface area contributed by atoms with Gasteiger partial charge in [-0.2, -0.15) is 5.10 Å². The maximum atomic E-state index is 11.7. The fraction of sp³-hybridized carbons (Fsp3) is 0.462. The molecule has 1 heterocycles. The summed E-state index contributed by atoms with van der Waals surface area (Å²) < 4.78 is 9.22. The molecule has 8 nitrogen and oxygen atoms in total. The van der Waals surface area contributed by atoms with Gasteiger partial charge in [0.25, 0.3) is 0 Å². The van der Waals surface area contributed by atoms with Crippen LogP contribution < -0.4 is 10.7 Å². The molecule has 0 saturated heterocycles. The second-order valence-electron chi connectivity index (χ2n) is 4.31. The van der Waals surface area contributed by atoms with Crippen LogP contribution in [0, 0.1) is 0 Å². The second kappa shape index (κ2) is 9.85. The highest BCUT2D eigenvalue weighted by Crippen LogP contribution is 2.05. The van der Waals surface area contributed by atoms with E-state index < -0.39 is 18.0 Å². The molecule has 1 atom stereocenters. The summed E-state index contributed by atoms with van der Waals surface area (Å²) in [6.45, 7) is 1.78. The van der Waals surface area contributed by atoms with Crippen LogP contribution in [0.4, 0.5) is 0 Å². The quantitative estimate of drug-likeness (QED) is 0.320. The molecular formula is C13H18N4O4S2. The number of ether oxygens (including phenoxy) is 2. The zero-order chi connectivity index (χ0) is 17.2. The summed E-state index contributed by atoms with van der Waals surface area (Å²) in [6.07, 6.45) is 1.93. The molecule has 1 aromatic heterocycles. The fourth-order valence-electron chi connectivity index (χ4n) is 1.53. The molecule has 0 radical (unpaired) electrons. The van der Waals surface area contributed by atoms with Crippen LogP contribution >= 0.6 is 23.6 Å². The van der Waals surface area contributed by atoms with Crippen molar-refractivity contribution in [1.29, 1.82) is 0 Å². The van der Waals surface area contributed by atoms with Crippen molar-refractivity contribution in [3.63, 3.8) is 0 Å². The van der Waals surface area contributed by atoms with Gasteiger partial charge in [-0.15, -0.1) is 11.3 Å². The molecule has 1 aromatic rings. The molecule has 23 heavy (non-hydrogen) atoms. The van der Waals surface area contributed by atoms with Gasteiger partial charge in [0.05, 0.1) is 19.9 Å². The van der Waals surface area contributed by atoms with Gasteiger partial charge in [-0.05, 0) is 25.6 Å². The molecule has 0 aliphatic rings. The molecule has 0 spiro atoms. The number of thiazole rings is 1. The standard InChI is InChI=1S/C13H18N4O4S2/c1-8(11-14-6-7-23-11)16-17-13(22)15-9(12(19)21-3)4-5-10(18)20-2/h6-7,9H,4-5H2,1-3H3,(H2,15,17,22)/b16-8+. The van der Waals surface area contributed by atoms with Gasteiger partial charge in [0.15, 0.2) is 5.11 Å². The minimum atomic E-state index is -0.769. The smallest absolute Gasteiger partial charge is 0.328 e. The summed E-state index contributed by atoms with van der Waals surface area (Å²) in [7, 11) is 2.54. The number of nitrogens with one attached hydrogen (secondary N) is 2. The van der Waals surface area contributed by atoms with E-state index in [0.717, 1.165) is 5.01 Å². The minimum Gasteiger partial charge on any atom is -0.469 e. The van der Waals surface area contributed by atoms with E-state index in [0.29, 0.717) is 5.71 Å². The van der Waals surface area contributed by atoms with Crippen LogP contribution in [0.5, 0.6) is 0 Å². The summed E-state index contributed by atoms with van der Waals surface area (Å²) in [5.41, 5.74) is 3.29. The van der Waals surface area contributed by atoms with Crippen molar-refractivity contribution in [1.82, 2.24) is 15.7 Å². The minimum absolute atomic E-state index is 0.0628. The van der Waals surface area contributed by atoms with E-state index in [1.165, 1.54) is 25.6 Å². The summed E-state index contributed by atoms with van der Waals surface area (Å²) in [6, 6.07) is -0.769. The zero-order valence-corrected chi connectivity index (χ0v) is 14.6. The maximum Gasteiger partial charge on any atom is 0.328 e. The third-order valence-corrected chi connectivity index (χ3v) is 3.81. The molecule has 1 unspecified atom stereocenters. The van der Waals surface area contributed by atoms with Crippen LogP contribution in [0.1, 0.15) is 24.8 Å². The predicted molar refractivity (Wildman–Crippen MR) is 90.2 cm³/mol. The van der Waals surface area contributed by atoms with Crippen molar-refractivity contribution < 1.29 is 19.1 Å². The molecule has 0 fully saturated rings. The van der Waals surface area contributed by atoms with E-state index in [4.69, 9.17) is 12.2 Å². The van der Waals surface area contributed by atoms with E-state index in [2.05, 4.69) is 30.3 Å². The number of aromatic nitrogens is 1. The molecule has 10 heteroatoms.